The standard InChI is InChI=1S/C12H13N3O2/c1-8-3-4-9(7-10(8)16-2)17-11-5-6-14-12(13)15-11/h3-7H,1-2H3,(H2,13,14,15). The van der Waals surface area contributed by atoms with Crippen molar-refractivity contribution in [2.24, 2.45) is 0 Å². The fourth-order valence-corrected chi connectivity index (χ4v) is 1.40. The summed E-state index contributed by atoms with van der Waals surface area (Å²) in [5, 5.41) is 0. The normalized spacial score (nSPS) is 10.0. The smallest absolute Gasteiger partial charge is 0.224 e. The quantitative estimate of drug-likeness (QED) is 0.876. The van der Waals surface area contributed by atoms with Crippen LogP contribution in [0, 0.1) is 6.92 Å². The Kier molecular flexibility index (Phi) is 3.09. The Labute approximate surface area is 99.2 Å². The molecule has 1 heterocycles. The van der Waals surface area contributed by atoms with Crippen LogP contribution < -0.4 is 15.2 Å². The van der Waals surface area contributed by atoms with Crippen molar-refractivity contribution in [3.05, 3.63) is 36.0 Å². The maximum absolute atomic E-state index is 5.55. The summed E-state index contributed by atoms with van der Waals surface area (Å²) < 4.78 is 10.8. The molecule has 2 rings (SSSR count). The predicted molar refractivity (Wildman–Crippen MR) is 64.2 cm³/mol. The second-order valence-electron chi connectivity index (χ2n) is 3.49. The van der Waals surface area contributed by atoms with Gasteiger partial charge < -0.3 is 15.2 Å². The highest BCUT2D eigenvalue weighted by atomic mass is 16.5. The molecule has 0 saturated heterocycles. The zero-order chi connectivity index (χ0) is 12.3. The van der Waals surface area contributed by atoms with Crippen LogP contribution in [0.2, 0.25) is 0 Å². The minimum absolute atomic E-state index is 0.182. The number of nitrogens with zero attached hydrogens (tertiary/aromatic N) is 2. The van der Waals surface area contributed by atoms with Crippen molar-refractivity contribution in [2.45, 2.75) is 6.92 Å². The lowest BCUT2D eigenvalue weighted by atomic mass is 10.2. The van der Waals surface area contributed by atoms with Gasteiger partial charge in [-0.15, -0.1) is 0 Å². The molecule has 0 fully saturated rings. The van der Waals surface area contributed by atoms with Crippen molar-refractivity contribution in [1.82, 2.24) is 9.97 Å². The maximum atomic E-state index is 5.55. The fourth-order valence-electron chi connectivity index (χ4n) is 1.40. The molecule has 0 saturated carbocycles. The summed E-state index contributed by atoms with van der Waals surface area (Å²) in [6, 6.07) is 7.20. The lowest BCUT2D eigenvalue weighted by Gasteiger charge is -2.08. The second kappa shape index (κ2) is 4.69. The molecule has 0 atom stereocenters. The Morgan fingerprint density at radius 1 is 1.24 bits per heavy atom. The molecule has 0 radical (unpaired) electrons. The van der Waals surface area contributed by atoms with Gasteiger partial charge in [-0.25, -0.2) is 4.98 Å². The number of anilines is 1. The van der Waals surface area contributed by atoms with Gasteiger partial charge >= 0.3 is 0 Å². The van der Waals surface area contributed by atoms with Crippen molar-refractivity contribution in [2.75, 3.05) is 12.8 Å². The monoisotopic (exact) mass is 231 g/mol. The molecule has 17 heavy (non-hydrogen) atoms. The van der Waals surface area contributed by atoms with Gasteiger partial charge in [-0.05, 0) is 18.6 Å². The molecule has 0 amide bonds. The van der Waals surface area contributed by atoms with Gasteiger partial charge in [-0.1, -0.05) is 6.07 Å². The first kappa shape index (κ1) is 11.2. The van der Waals surface area contributed by atoms with E-state index in [1.165, 1.54) is 0 Å². The summed E-state index contributed by atoms with van der Waals surface area (Å²) in [5.41, 5.74) is 6.51. The van der Waals surface area contributed by atoms with Crippen LogP contribution in [-0.4, -0.2) is 17.1 Å². The number of ether oxygens (including phenoxy) is 2. The molecule has 5 heteroatoms. The van der Waals surface area contributed by atoms with E-state index >= 15 is 0 Å². The lowest BCUT2D eigenvalue weighted by Crippen LogP contribution is -1.96. The molecule has 0 spiro atoms. The van der Waals surface area contributed by atoms with E-state index in [4.69, 9.17) is 15.2 Å². The molecule has 1 aromatic carbocycles. The zero-order valence-electron chi connectivity index (χ0n) is 9.68. The summed E-state index contributed by atoms with van der Waals surface area (Å²) >= 11 is 0. The molecular formula is C12H13N3O2. The molecule has 0 bridgehead atoms. The molecule has 0 aliphatic heterocycles. The van der Waals surface area contributed by atoms with Crippen LogP contribution in [-0.2, 0) is 0 Å². The number of hydrogen-bond acceptors (Lipinski definition) is 5. The minimum Gasteiger partial charge on any atom is -0.496 e. The number of methoxy groups -OCH3 is 1. The number of aromatic nitrogens is 2. The highest BCUT2D eigenvalue weighted by Crippen LogP contribution is 2.26. The SMILES string of the molecule is COc1cc(Oc2ccnc(N)n2)ccc1C. The highest BCUT2D eigenvalue weighted by Gasteiger charge is 2.03. The Bertz CT molecular complexity index is 529. The van der Waals surface area contributed by atoms with Gasteiger partial charge in [-0.2, -0.15) is 4.98 Å². The number of benzene rings is 1. The van der Waals surface area contributed by atoms with Crippen molar-refractivity contribution < 1.29 is 9.47 Å². The van der Waals surface area contributed by atoms with Crippen LogP contribution in [0.5, 0.6) is 17.4 Å². The first-order chi connectivity index (χ1) is 8.19. The van der Waals surface area contributed by atoms with Crippen LogP contribution in [0.25, 0.3) is 0 Å². The third-order valence-electron chi connectivity index (χ3n) is 2.25. The first-order valence-corrected chi connectivity index (χ1v) is 5.10. The molecule has 88 valence electrons. The number of rotatable bonds is 3. The third kappa shape index (κ3) is 2.63. The zero-order valence-corrected chi connectivity index (χ0v) is 9.68. The van der Waals surface area contributed by atoms with Gasteiger partial charge in [0.25, 0.3) is 0 Å². The number of hydrogen-bond donors (Lipinski definition) is 1. The molecule has 5 nitrogen and oxygen atoms in total. The van der Waals surface area contributed by atoms with Gasteiger partial charge in [0.05, 0.1) is 7.11 Å². The molecule has 0 aliphatic carbocycles. The molecule has 0 unspecified atom stereocenters. The van der Waals surface area contributed by atoms with E-state index in [2.05, 4.69) is 9.97 Å². The van der Waals surface area contributed by atoms with Crippen molar-refractivity contribution in [1.29, 1.82) is 0 Å². The summed E-state index contributed by atoms with van der Waals surface area (Å²) in [7, 11) is 1.62. The van der Waals surface area contributed by atoms with Gasteiger partial charge in [0.15, 0.2) is 0 Å². The van der Waals surface area contributed by atoms with Crippen LogP contribution in [0.3, 0.4) is 0 Å². The van der Waals surface area contributed by atoms with Crippen LogP contribution >= 0.6 is 0 Å². The second-order valence-corrected chi connectivity index (χ2v) is 3.49. The molecule has 1 aromatic heterocycles. The van der Waals surface area contributed by atoms with Gasteiger partial charge in [0.1, 0.15) is 11.5 Å². The topological polar surface area (TPSA) is 70.3 Å². The average Bonchev–Trinajstić information content (AvgIpc) is 2.32. The molecule has 2 aromatic rings. The summed E-state index contributed by atoms with van der Waals surface area (Å²) in [6.45, 7) is 1.96. The van der Waals surface area contributed by atoms with E-state index in [0.29, 0.717) is 11.6 Å². The lowest BCUT2D eigenvalue weighted by molar-refractivity contribution is 0.404. The number of nitrogen functional groups attached to an aromatic ring is 1. The largest absolute Gasteiger partial charge is 0.496 e. The number of aryl methyl sites for hydroxylation is 1. The Morgan fingerprint density at radius 2 is 2.06 bits per heavy atom. The van der Waals surface area contributed by atoms with Crippen molar-refractivity contribution >= 4 is 5.95 Å². The third-order valence-corrected chi connectivity index (χ3v) is 2.25. The molecule has 0 aliphatic rings. The van der Waals surface area contributed by atoms with E-state index in [-0.39, 0.29) is 5.95 Å². The summed E-state index contributed by atoms with van der Waals surface area (Å²) in [6.07, 6.45) is 1.54. The van der Waals surface area contributed by atoms with Crippen LogP contribution in [0.4, 0.5) is 5.95 Å². The first-order valence-electron chi connectivity index (χ1n) is 5.10. The van der Waals surface area contributed by atoms with Crippen LogP contribution in [0.1, 0.15) is 5.56 Å². The molecular weight excluding hydrogens is 218 g/mol. The maximum Gasteiger partial charge on any atom is 0.224 e. The average molecular weight is 231 g/mol. The van der Waals surface area contributed by atoms with E-state index in [9.17, 15) is 0 Å². The number of nitrogens with two attached hydrogens (primary N) is 1. The fraction of sp³-hybridized carbons (Fsp3) is 0.167. The van der Waals surface area contributed by atoms with E-state index in [1.807, 2.05) is 19.1 Å². The summed E-state index contributed by atoms with van der Waals surface area (Å²) in [5.74, 6) is 2.00. The van der Waals surface area contributed by atoms with Crippen molar-refractivity contribution in [3.63, 3.8) is 0 Å². The van der Waals surface area contributed by atoms with E-state index in [1.54, 1.807) is 25.4 Å². The minimum atomic E-state index is 0.182. The van der Waals surface area contributed by atoms with Gasteiger partial charge in [0.2, 0.25) is 11.8 Å². The Hall–Kier alpha value is -2.30. The van der Waals surface area contributed by atoms with Crippen LogP contribution in [0.15, 0.2) is 30.5 Å². The summed E-state index contributed by atoms with van der Waals surface area (Å²) in [4.78, 5) is 7.74. The van der Waals surface area contributed by atoms with Gasteiger partial charge in [0, 0.05) is 18.3 Å². The predicted octanol–water partition coefficient (Wildman–Crippen LogP) is 2.17. The Morgan fingerprint density at radius 3 is 2.76 bits per heavy atom. The molecule has 2 N–H and O–H groups in total. The van der Waals surface area contributed by atoms with E-state index < -0.39 is 0 Å². The van der Waals surface area contributed by atoms with Crippen molar-refractivity contribution in [3.8, 4) is 17.4 Å². The van der Waals surface area contributed by atoms with E-state index in [0.717, 1.165) is 11.3 Å². The highest BCUT2D eigenvalue weighted by molar-refractivity contribution is 5.41. The van der Waals surface area contributed by atoms with Gasteiger partial charge in [-0.3, -0.25) is 0 Å². The Balaban J connectivity index is 2.24.